The van der Waals surface area contributed by atoms with Crippen LogP contribution in [0.2, 0.25) is 5.15 Å². The van der Waals surface area contributed by atoms with Gasteiger partial charge in [-0.15, -0.1) is 0 Å². The van der Waals surface area contributed by atoms with E-state index in [9.17, 15) is 13.6 Å². The van der Waals surface area contributed by atoms with Crippen LogP contribution in [0, 0.1) is 11.8 Å². The Morgan fingerprint density at radius 3 is 2.76 bits per heavy atom. The number of nitrogens with one attached hydrogen (secondary N) is 1. The summed E-state index contributed by atoms with van der Waals surface area (Å²) in [6, 6.07) is 2.58. The number of hydrogen-bond donors (Lipinski definition) is 2. The smallest absolute Gasteiger partial charge is 0.252 e. The van der Waals surface area contributed by atoms with E-state index in [1.165, 1.54) is 6.07 Å². The van der Waals surface area contributed by atoms with Gasteiger partial charge < -0.3 is 11.1 Å². The molecule has 0 unspecified atom stereocenters. The summed E-state index contributed by atoms with van der Waals surface area (Å²) in [5.41, 5.74) is 6.49. The molecule has 0 saturated heterocycles. The minimum atomic E-state index is -1.02. The second-order valence-electron chi connectivity index (χ2n) is 4.53. The molecule has 0 spiro atoms. The summed E-state index contributed by atoms with van der Waals surface area (Å²) in [5.74, 6) is -2.32. The van der Waals surface area contributed by atoms with Crippen LogP contribution in [0.1, 0.15) is 15.9 Å². The van der Waals surface area contributed by atoms with Gasteiger partial charge >= 0.3 is 0 Å². The molecule has 0 saturated carbocycles. The van der Waals surface area contributed by atoms with Crippen LogP contribution < -0.4 is 11.1 Å². The van der Waals surface area contributed by atoms with Gasteiger partial charge in [-0.1, -0.05) is 11.6 Å². The molecule has 0 aliphatic carbocycles. The van der Waals surface area contributed by atoms with Crippen LogP contribution in [0.4, 0.5) is 14.6 Å². The van der Waals surface area contributed by atoms with E-state index in [0.717, 1.165) is 6.07 Å². The number of nitrogen functional groups attached to an aromatic ring is 1. The summed E-state index contributed by atoms with van der Waals surface area (Å²) in [6.45, 7) is 0.461. The number of carbonyl (C=O) groups is 1. The van der Waals surface area contributed by atoms with Crippen molar-refractivity contribution in [2.75, 3.05) is 12.3 Å². The highest BCUT2D eigenvalue weighted by Gasteiger charge is 2.22. The Morgan fingerprint density at radius 2 is 2.00 bits per heavy atom. The molecule has 1 aliphatic rings. The first kappa shape index (κ1) is 13.7. The predicted octanol–water partition coefficient (Wildman–Crippen LogP) is 1.94. The first-order chi connectivity index (χ1) is 9.97. The van der Waals surface area contributed by atoms with Crippen LogP contribution in [0.3, 0.4) is 0 Å². The van der Waals surface area contributed by atoms with Crippen molar-refractivity contribution in [1.29, 1.82) is 0 Å². The molecular formula is C13H9ClF2N4O. The number of fused-ring (bicyclic) bond motifs is 1. The summed E-state index contributed by atoms with van der Waals surface area (Å²) >= 11 is 5.56. The molecule has 2 heterocycles. The van der Waals surface area contributed by atoms with E-state index < -0.39 is 16.9 Å². The fraction of sp³-hybridized carbons (Fsp3) is 0.154. The van der Waals surface area contributed by atoms with Gasteiger partial charge in [-0.3, -0.25) is 4.79 Å². The van der Waals surface area contributed by atoms with Crippen LogP contribution in [-0.4, -0.2) is 22.4 Å². The van der Waals surface area contributed by atoms with Gasteiger partial charge in [0.25, 0.3) is 11.9 Å². The van der Waals surface area contributed by atoms with Crippen molar-refractivity contribution in [3.63, 3.8) is 0 Å². The van der Waals surface area contributed by atoms with Gasteiger partial charge in [-0.05, 0) is 24.1 Å². The van der Waals surface area contributed by atoms with Gasteiger partial charge in [0.2, 0.25) is 0 Å². The highest BCUT2D eigenvalue weighted by atomic mass is 35.5. The SMILES string of the molecule is Nc1nc(F)c(Cl)nc1-c1cc2c(cc1F)C(=O)NCC2. The van der Waals surface area contributed by atoms with Crippen molar-refractivity contribution in [1.82, 2.24) is 15.3 Å². The van der Waals surface area contributed by atoms with Crippen molar-refractivity contribution < 1.29 is 13.6 Å². The summed E-state index contributed by atoms with van der Waals surface area (Å²) < 4.78 is 27.4. The number of halogens is 3. The van der Waals surface area contributed by atoms with E-state index in [-0.39, 0.29) is 28.5 Å². The largest absolute Gasteiger partial charge is 0.382 e. The number of aromatic nitrogens is 2. The van der Waals surface area contributed by atoms with E-state index in [2.05, 4.69) is 15.3 Å². The highest BCUT2D eigenvalue weighted by Crippen LogP contribution is 2.30. The van der Waals surface area contributed by atoms with E-state index >= 15 is 0 Å². The van der Waals surface area contributed by atoms with Crippen LogP contribution in [0.15, 0.2) is 12.1 Å². The molecule has 0 atom stereocenters. The van der Waals surface area contributed by atoms with Gasteiger partial charge in [0.1, 0.15) is 11.5 Å². The number of rotatable bonds is 1. The Kier molecular flexibility index (Phi) is 3.21. The monoisotopic (exact) mass is 310 g/mol. The average molecular weight is 311 g/mol. The lowest BCUT2D eigenvalue weighted by Gasteiger charge is -2.18. The molecule has 0 fully saturated rings. The van der Waals surface area contributed by atoms with E-state index in [1.54, 1.807) is 0 Å². The second-order valence-corrected chi connectivity index (χ2v) is 4.89. The molecule has 3 N–H and O–H groups in total. The van der Waals surface area contributed by atoms with Crippen molar-refractivity contribution in [3.05, 3.63) is 40.2 Å². The molecule has 5 nitrogen and oxygen atoms in total. The van der Waals surface area contributed by atoms with Gasteiger partial charge in [0, 0.05) is 17.7 Å². The molecular weight excluding hydrogens is 302 g/mol. The third kappa shape index (κ3) is 2.29. The molecule has 21 heavy (non-hydrogen) atoms. The van der Waals surface area contributed by atoms with Gasteiger partial charge in [-0.2, -0.15) is 9.37 Å². The normalized spacial score (nSPS) is 13.8. The van der Waals surface area contributed by atoms with E-state index in [0.29, 0.717) is 18.5 Å². The molecule has 1 aliphatic heterocycles. The number of hydrogen-bond acceptors (Lipinski definition) is 4. The Balaban J connectivity index is 2.20. The number of amides is 1. The average Bonchev–Trinajstić information content (AvgIpc) is 2.44. The Labute approximate surface area is 123 Å². The lowest BCUT2D eigenvalue weighted by Crippen LogP contribution is -2.32. The van der Waals surface area contributed by atoms with Crippen LogP contribution >= 0.6 is 11.6 Å². The zero-order valence-corrected chi connectivity index (χ0v) is 11.3. The second kappa shape index (κ2) is 4.92. The van der Waals surface area contributed by atoms with Crippen LogP contribution in [-0.2, 0) is 6.42 Å². The molecule has 0 radical (unpaired) electrons. The van der Waals surface area contributed by atoms with Gasteiger partial charge in [-0.25, -0.2) is 9.37 Å². The van der Waals surface area contributed by atoms with Crippen LogP contribution in [0.5, 0.6) is 0 Å². The molecule has 8 heteroatoms. The maximum Gasteiger partial charge on any atom is 0.252 e. The van der Waals surface area contributed by atoms with Crippen molar-refractivity contribution in [2.45, 2.75) is 6.42 Å². The summed E-state index contributed by atoms with van der Waals surface area (Å²) in [4.78, 5) is 18.8. The number of anilines is 1. The molecule has 1 aromatic carbocycles. The molecule has 1 amide bonds. The fourth-order valence-corrected chi connectivity index (χ4v) is 2.36. The standard InChI is InChI=1S/C13H9ClF2N4O/c14-10-11(16)20-12(17)9(19-10)7-3-5-1-2-18-13(21)6(5)4-8(7)15/h3-4H,1-2H2,(H2,17,20)(H,18,21). The maximum atomic E-state index is 14.2. The molecule has 108 valence electrons. The minimum absolute atomic E-state index is 0.0374. The van der Waals surface area contributed by atoms with E-state index in [4.69, 9.17) is 17.3 Å². The lowest BCUT2D eigenvalue weighted by molar-refractivity contribution is 0.0945. The van der Waals surface area contributed by atoms with Crippen molar-refractivity contribution in [2.24, 2.45) is 0 Å². The third-order valence-electron chi connectivity index (χ3n) is 3.21. The minimum Gasteiger partial charge on any atom is -0.382 e. The van der Waals surface area contributed by atoms with E-state index in [1.807, 2.05) is 0 Å². The molecule has 1 aromatic heterocycles. The summed E-state index contributed by atoms with van der Waals surface area (Å²) in [7, 11) is 0. The Bertz CT molecular complexity index is 766. The maximum absolute atomic E-state index is 14.2. The van der Waals surface area contributed by atoms with Crippen LogP contribution in [0.25, 0.3) is 11.3 Å². The molecule has 2 aromatic rings. The number of benzene rings is 1. The number of nitrogens with zero attached hydrogens (tertiary/aromatic N) is 2. The quantitative estimate of drug-likeness (QED) is 0.843. The predicted molar refractivity (Wildman–Crippen MR) is 72.8 cm³/mol. The summed E-state index contributed by atoms with van der Waals surface area (Å²) in [5, 5.41) is 2.13. The zero-order chi connectivity index (χ0) is 15.1. The Hall–Kier alpha value is -2.28. The molecule has 3 rings (SSSR count). The number of carbonyl (C=O) groups excluding carboxylic acids is 1. The fourth-order valence-electron chi connectivity index (χ4n) is 2.23. The summed E-state index contributed by atoms with van der Waals surface area (Å²) in [6.07, 6.45) is 0.552. The third-order valence-corrected chi connectivity index (χ3v) is 3.45. The first-order valence-electron chi connectivity index (χ1n) is 6.07. The van der Waals surface area contributed by atoms with Gasteiger partial charge in [0.05, 0.1) is 0 Å². The number of nitrogens with two attached hydrogens (primary N) is 1. The topological polar surface area (TPSA) is 80.9 Å². The Morgan fingerprint density at radius 1 is 1.24 bits per heavy atom. The van der Waals surface area contributed by atoms with Crippen molar-refractivity contribution >= 4 is 23.3 Å². The zero-order valence-electron chi connectivity index (χ0n) is 10.6. The highest BCUT2D eigenvalue weighted by molar-refractivity contribution is 6.29. The van der Waals surface area contributed by atoms with Crippen molar-refractivity contribution in [3.8, 4) is 11.3 Å². The molecule has 0 bridgehead atoms. The lowest BCUT2D eigenvalue weighted by atomic mass is 9.96. The van der Waals surface area contributed by atoms with Gasteiger partial charge in [0.15, 0.2) is 11.0 Å². The first-order valence-corrected chi connectivity index (χ1v) is 6.44.